The van der Waals surface area contributed by atoms with Crippen LogP contribution in [0.5, 0.6) is 5.75 Å². The van der Waals surface area contributed by atoms with Gasteiger partial charge in [0, 0.05) is 11.8 Å². The number of aliphatic hydroxyl groups excluding tert-OH is 2. The maximum absolute atomic E-state index is 16.0. The van der Waals surface area contributed by atoms with E-state index in [0.717, 1.165) is 5.56 Å². The average molecular weight is 505 g/mol. The summed E-state index contributed by atoms with van der Waals surface area (Å²) in [4.78, 5) is 25.6. The SMILES string of the molecule is [2H]C([2H])(OP1(=O)OCc2cc(C)cc(C)c2O1)[C@@]1(F)O[C@@]([2H])(n2cc(C=O)c(=S)[nH]c2=O)[C@H](O)[C@@H]1O. The number of fused-ring (bicyclic) bond motifs is 1. The van der Waals surface area contributed by atoms with Crippen molar-refractivity contribution < 1.29 is 46.4 Å². The summed E-state index contributed by atoms with van der Waals surface area (Å²) >= 11 is 4.79. The zero-order valence-corrected chi connectivity index (χ0v) is 18.8. The van der Waals surface area contributed by atoms with E-state index in [1.165, 1.54) is 0 Å². The van der Waals surface area contributed by atoms with Crippen LogP contribution in [0.3, 0.4) is 0 Å². The van der Waals surface area contributed by atoms with Crippen LogP contribution in [0.4, 0.5) is 4.39 Å². The van der Waals surface area contributed by atoms with Crippen molar-refractivity contribution in [1.82, 2.24) is 9.55 Å². The number of aryl methyl sites for hydroxylation is 2. The molecule has 1 aromatic carbocycles. The molecule has 4 rings (SSSR count). The molecular weight excluding hydrogens is 482 g/mol. The summed E-state index contributed by atoms with van der Waals surface area (Å²) in [6.45, 7) is -0.797. The molecule has 3 heterocycles. The molecule has 1 fully saturated rings. The van der Waals surface area contributed by atoms with Gasteiger partial charge in [0.2, 0.25) is 0 Å². The van der Waals surface area contributed by atoms with Crippen molar-refractivity contribution >= 4 is 26.3 Å². The first-order valence-electron chi connectivity index (χ1n) is 10.9. The molecule has 178 valence electrons. The zero-order valence-electron chi connectivity index (χ0n) is 20.1. The van der Waals surface area contributed by atoms with Gasteiger partial charge in [-0.1, -0.05) is 29.9 Å². The number of phosphoric ester groups is 1. The molecule has 2 aliphatic rings. The monoisotopic (exact) mass is 505 g/mol. The molecule has 3 N–H and O–H groups in total. The van der Waals surface area contributed by atoms with Crippen LogP contribution in [-0.2, 0) is 25.0 Å². The Hall–Kier alpha value is -2.25. The minimum Gasteiger partial charge on any atom is -0.403 e. The minimum absolute atomic E-state index is 0.0640. The van der Waals surface area contributed by atoms with Crippen LogP contribution >= 0.6 is 20.0 Å². The number of rotatable bonds is 5. The molecule has 1 unspecified atom stereocenters. The summed E-state index contributed by atoms with van der Waals surface area (Å²) < 4.78 is 73.3. The summed E-state index contributed by atoms with van der Waals surface area (Å²) in [7, 11) is -4.88. The smallest absolute Gasteiger partial charge is 0.403 e. The van der Waals surface area contributed by atoms with Crippen LogP contribution in [0.1, 0.15) is 37.4 Å². The molecular formula is C19H20FN2O9PS. The fourth-order valence-electron chi connectivity index (χ4n) is 3.35. The van der Waals surface area contributed by atoms with Gasteiger partial charge in [-0.2, -0.15) is 0 Å². The highest BCUT2D eigenvalue weighted by Crippen LogP contribution is 2.56. The number of aromatic nitrogens is 2. The van der Waals surface area contributed by atoms with Crippen LogP contribution in [0.15, 0.2) is 23.1 Å². The summed E-state index contributed by atoms with van der Waals surface area (Å²) in [5.41, 5.74) is 0.230. The van der Waals surface area contributed by atoms with Gasteiger partial charge in [0.15, 0.2) is 12.5 Å². The Morgan fingerprint density at radius 3 is 2.94 bits per heavy atom. The van der Waals surface area contributed by atoms with Gasteiger partial charge < -0.3 is 19.5 Å². The molecule has 1 aromatic heterocycles. The highest BCUT2D eigenvalue weighted by molar-refractivity contribution is 7.71. The first-order chi connectivity index (χ1) is 16.6. The zero-order chi connectivity index (χ0) is 26.8. The third kappa shape index (κ3) is 4.33. The maximum Gasteiger partial charge on any atom is 0.530 e. The van der Waals surface area contributed by atoms with E-state index in [2.05, 4.69) is 0 Å². The molecule has 0 bridgehead atoms. The second-order valence-electron chi connectivity index (χ2n) is 7.38. The molecule has 0 aliphatic carbocycles. The number of carbonyl (C=O) groups is 1. The van der Waals surface area contributed by atoms with Gasteiger partial charge in [0.1, 0.15) is 29.2 Å². The third-order valence-electron chi connectivity index (χ3n) is 4.89. The first-order valence-corrected chi connectivity index (χ1v) is 11.3. The first kappa shape index (κ1) is 20.2. The van der Waals surface area contributed by atoms with Gasteiger partial charge >= 0.3 is 13.5 Å². The second kappa shape index (κ2) is 8.51. The van der Waals surface area contributed by atoms with Gasteiger partial charge in [-0.05, 0) is 19.4 Å². The number of aromatic amines is 1. The van der Waals surface area contributed by atoms with Gasteiger partial charge in [0.05, 0.1) is 16.3 Å². The van der Waals surface area contributed by atoms with E-state index in [9.17, 15) is 24.4 Å². The number of hydrogen-bond donors (Lipinski definition) is 3. The quantitative estimate of drug-likeness (QED) is 0.313. The number of alkyl halides is 1. The van der Waals surface area contributed by atoms with Crippen molar-refractivity contribution in [3.05, 3.63) is 55.7 Å². The van der Waals surface area contributed by atoms with Gasteiger partial charge in [0.25, 0.3) is 5.85 Å². The van der Waals surface area contributed by atoms with E-state index < -0.39 is 44.3 Å². The van der Waals surface area contributed by atoms with Crippen LogP contribution in [0.2, 0.25) is 0 Å². The number of phosphoric acid groups is 1. The van der Waals surface area contributed by atoms with E-state index in [0.29, 0.717) is 17.3 Å². The average Bonchev–Trinajstić information content (AvgIpc) is 2.95. The standard InChI is InChI=1S/C19H20FN2O9PS/c1-9-3-10(2)14-11(4-9)7-28-32(27,31-14)29-8-19(20)15(25)13(24)17(30-19)22-5-12(6-23)16(33)21-18(22)26/h3-6,13,15,17,24-25H,7-8H2,1-2H3,(H,21,26,33)/t13-,15+,17-,19-,32?/m1/s1/i8D2,17D. The number of aldehydes is 1. The van der Waals surface area contributed by atoms with Gasteiger partial charge in [-0.15, -0.1) is 0 Å². The Bertz CT molecular complexity index is 1420. The number of nitrogens with one attached hydrogen (secondary N) is 1. The number of halogens is 1. The summed E-state index contributed by atoms with van der Waals surface area (Å²) in [5, 5.41) is 20.8. The fourth-order valence-corrected chi connectivity index (χ4v) is 4.70. The normalized spacial score (nSPS) is 35.1. The topological polar surface area (TPSA) is 149 Å². The molecule has 1 saturated heterocycles. The second-order valence-corrected chi connectivity index (χ2v) is 9.31. The maximum atomic E-state index is 16.0. The summed E-state index contributed by atoms with van der Waals surface area (Å²) in [6, 6.07) is 3.35. The van der Waals surface area contributed by atoms with Crippen molar-refractivity contribution in [2.24, 2.45) is 0 Å². The lowest BCUT2D eigenvalue weighted by molar-refractivity contribution is -0.205. The van der Waals surface area contributed by atoms with Crippen molar-refractivity contribution in [2.75, 3.05) is 6.56 Å². The molecule has 5 atom stereocenters. The molecule has 0 radical (unpaired) electrons. The number of nitrogens with zero attached hydrogens (tertiary/aromatic N) is 1. The molecule has 11 nitrogen and oxygen atoms in total. The predicted octanol–water partition coefficient (Wildman–Crippen LogP) is 1.99. The minimum atomic E-state index is -4.88. The number of ether oxygens (including phenoxy) is 1. The molecule has 14 heteroatoms. The highest BCUT2D eigenvalue weighted by Gasteiger charge is 2.57. The van der Waals surface area contributed by atoms with Crippen molar-refractivity contribution in [2.45, 2.75) is 44.7 Å². The Kier molecular flexibility index (Phi) is 5.20. The van der Waals surface area contributed by atoms with Crippen molar-refractivity contribution in [3.8, 4) is 5.75 Å². The Balaban J connectivity index is 1.69. The van der Waals surface area contributed by atoms with E-state index in [-0.39, 0.29) is 33.4 Å². The van der Waals surface area contributed by atoms with E-state index >= 15 is 4.39 Å². The van der Waals surface area contributed by atoms with Gasteiger partial charge in [-0.3, -0.25) is 23.4 Å². The van der Waals surface area contributed by atoms with Crippen LogP contribution in [-0.4, -0.2) is 50.7 Å². The number of benzene rings is 1. The predicted molar refractivity (Wildman–Crippen MR) is 112 cm³/mol. The summed E-state index contributed by atoms with van der Waals surface area (Å²) in [5.74, 6) is -4.02. The highest BCUT2D eigenvalue weighted by atomic mass is 32.1. The largest absolute Gasteiger partial charge is 0.530 e. The summed E-state index contributed by atoms with van der Waals surface area (Å²) in [6.07, 6.45) is -7.82. The number of carbonyl (C=O) groups excluding carboxylic acids is 1. The molecule has 0 spiro atoms. The number of H-pyrrole nitrogens is 1. The van der Waals surface area contributed by atoms with Crippen LogP contribution in [0, 0.1) is 18.5 Å². The molecule has 0 saturated carbocycles. The van der Waals surface area contributed by atoms with Gasteiger partial charge in [-0.25, -0.2) is 13.8 Å². The Morgan fingerprint density at radius 1 is 1.52 bits per heavy atom. The van der Waals surface area contributed by atoms with E-state index in [1.807, 2.05) is 4.98 Å². The van der Waals surface area contributed by atoms with Crippen LogP contribution in [0.25, 0.3) is 0 Å². The molecule has 2 aliphatic heterocycles. The lowest BCUT2D eigenvalue weighted by Crippen LogP contribution is -2.43. The van der Waals surface area contributed by atoms with Crippen molar-refractivity contribution in [1.29, 1.82) is 0 Å². The van der Waals surface area contributed by atoms with Crippen molar-refractivity contribution in [3.63, 3.8) is 0 Å². The molecule has 33 heavy (non-hydrogen) atoms. The van der Waals surface area contributed by atoms with E-state index in [1.54, 1.807) is 26.0 Å². The number of hydrogen-bond acceptors (Lipinski definition) is 10. The number of aliphatic hydroxyl groups is 2. The fraction of sp³-hybridized carbons (Fsp3) is 0.421. The van der Waals surface area contributed by atoms with Crippen LogP contribution < -0.4 is 10.2 Å². The lowest BCUT2D eigenvalue weighted by Gasteiger charge is -2.29. The molecule has 2 aromatic rings. The lowest BCUT2D eigenvalue weighted by atomic mass is 10.1. The third-order valence-corrected chi connectivity index (χ3v) is 6.40. The molecule has 0 amide bonds. The Labute approximate surface area is 195 Å². The Morgan fingerprint density at radius 2 is 2.24 bits per heavy atom. The van der Waals surface area contributed by atoms with E-state index in [4.69, 9.17) is 34.6 Å².